The van der Waals surface area contributed by atoms with Crippen LogP contribution in [0.15, 0.2) is 48.7 Å². The minimum Gasteiger partial charge on any atom is -0.333 e. The summed E-state index contributed by atoms with van der Waals surface area (Å²) in [5, 5.41) is 0. The lowest BCUT2D eigenvalue weighted by molar-refractivity contribution is 0.0746. The van der Waals surface area contributed by atoms with Crippen LogP contribution in [0.1, 0.15) is 23.0 Å². The van der Waals surface area contributed by atoms with Gasteiger partial charge in [0.1, 0.15) is 5.82 Å². The van der Waals surface area contributed by atoms with E-state index < -0.39 is 5.82 Å². The van der Waals surface area contributed by atoms with E-state index in [1.54, 1.807) is 23.2 Å². The van der Waals surface area contributed by atoms with Crippen molar-refractivity contribution in [1.82, 2.24) is 9.88 Å². The second kappa shape index (κ2) is 6.09. The molecule has 0 aliphatic carbocycles. The van der Waals surface area contributed by atoms with Crippen molar-refractivity contribution in [2.24, 2.45) is 0 Å². The molecule has 19 heavy (non-hydrogen) atoms. The number of benzene rings is 1. The third-order valence-corrected chi connectivity index (χ3v) is 2.85. The summed E-state index contributed by atoms with van der Waals surface area (Å²) in [6.07, 6.45) is 1.68. The van der Waals surface area contributed by atoms with Gasteiger partial charge in [-0.3, -0.25) is 9.78 Å². The second-order valence-corrected chi connectivity index (χ2v) is 4.12. The highest BCUT2D eigenvalue weighted by Gasteiger charge is 2.17. The average molecular weight is 258 g/mol. The summed E-state index contributed by atoms with van der Waals surface area (Å²) in [7, 11) is 0. The molecule has 2 aromatic rings. The fourth-order valence-corrected chi connectivity index (χ4v) is 1.82. The van der Waals surface area contributed by atoms with E-state index in [4.69, 9.17) is 0 Å². The Bertz CT molecular complexity index is 557. The predicted molar refractivity (Wildman–Crippen MR) is 71.1 cm³/mol. The van der Waals surface area contributed by atoms with Gasteiger partial charge in [-0.1, -0.05) is 18.2 Å². The molecule has 0 bridgehead atoms. The molecular weight excluding hydrogens is 243 g/mol. The van der Waals surface area contributed by atoms with Gasteiger partial charge in [0, 0.05) is 12.7 Å². The number of rotatable bonds is 4. The standard InChI is InChI=1S/C15H15FN2O/c1-2-18(11-12-7-5-6-10-17-12)15(19)13-8-3-4-9-14(13)16/h3-10H,2,11H2,1H3. The minimum atomic E-state index is -0.494. The van der Waals surface area contributed by atoms with E-state index in [1.807, 2.05) is 25.1 Å². The molecule has 98 valence electrons. The number of aromatic nitrogens is 1. The SMILES string of the molecule is CCN(Cc1ccccn1)C(=O)c1ccccc1F. The molecule has 0 aliphatic heterocycles. The van der Waals surface area contributed by atoms with Crippen LogP contribution in [0.2, 0.25) is 0 Å². The molecule has 0 saturated heterocycles. The first-order valence-corrected chi connectivity index (χ1v) is 6.16. The third kappa shape index (κ3) is 3.16. The average Bonchev–Trinajstić information content (AvgIpc) is 2.46. The van der Waals surface area contributed by atoms with Gasteiger partial charge in [0.25, 0.3) is 5.91 Å². The molecule has 0 N–H and O–H groups in total. The van der Waals surface area contributed by atoms with Crippen molar-refractivity contribution in [3.63, 3.8) is 0 Å². The van der Waals surface area contributed by atoms with Crippen molar-refractivity contribution in [2.45, 2.75) is 13.5 Å². The molecule has 1 aromatic heterocycles. The number of carbonyl (C=O) groups is 1. The summed E-state index contributed by atoms with van der Waals surface area (Å²) < 4.78 is 13.6. The Balaban J connectivity index is 2.18. The number of halogens is 1. The molecule has 3 nitrogen and oxygen atoms in total. The molecule has 1 amide bonds. The Morgan fingerprint density at radius 1 is 1.21 bits per heavy atom. The molecule has 1 aromatic carbocycles. The molecule has 0 fully saturated rings. The zero-order valence-electron chi connectivity index (χ0n) is 10.7. The van der Waals surface area contributed by atoms with E-state index in [9.17, 15) is 9.18 Å². The molecule has 0 spiro atoms. The van der Waals surface area contributed by atoms with Crippen LogP contribution in [0.4, 0.5) is 4.39 Å². The molecule has 1 heterocycles. The number of hydrogen-bond acceptors (Lipinski definition) is 2. The fraction of sp³-hybridized carbons (Fsp3) is 0.200. The van der Waals surface area contributed by atoms with Crippen LogP contribution in [-0.2, 0) is 6.54 Å². The first-order valence-electron chi connectivity index (χ1n) is 6.16. The third-order valence-electron chi connectivity index (χ3n) is 2.85. The second-order valence-electron chi connectivity index (χ2n) is 4.12. The van der Waals surface area contributed by atoms with Crippen molar-refractivity contribution in [3.05, 3.63) is 65.7 Å². The lowest BCUT2D eigenvalue weighted by atomic mass is 10.2. The summed E-state index contributed by atoms with van der Waals surface area (Å²) in [4.78, 5) is 18.0. The normalized spacial score (nSPS) is 10.2. The van der Waals surface area contributed by atoms with Crippen LogP contribution in [0.3, 0.4) is 0 Å². The number of hydrogen-bond donors (Lipinski definition) is 0. The number of nitrogens with zero attached hydrogens (tertiary/aromatic N) is 2. The topological polar surface area (TPSA) is 33.2 Å². The van der Waals surface area contributed by atoms with E-state index in [-0.39, 0.29) is 11.5 Å². The van der Waals surface area contributed by atoms with Gasteiger partial charge >= 0.3 is 0 Å². The molecule has 0 aliphatic rings. The van der Waals surface area contributed by atoms with Crippen molar-refractivity contribution in [1.29, 1.82) is 0 Å². The summed E-state index contributed by atoms with van der Waals surface area (Å²) in [6.45, 7) is 2.75. The Kier molecular flexibility index (Phi) is 4.23. The largest absolute Gasteiger partial charge is 0.333 e. The first kappa shape index (κ1) is 13.2. The van der Waals surface area contributed by atoms with Gasteiger partial charge in [-0.15, -0.1) is 0 Å². The number of carbonyl (C=O) groups excluding carboxylic acids is 1. The zero-order chi connectivity index (χ0) is 13.7. The van der Waals surface area contributed by atoms with Gasteiger partial charge in [-0.2, -0.15) is 0 Å². The van der Waals surface area contributed by atoms with Gasteiger partial charge in [0.05, 0.1) is 17.8 Å². The van der Waals surface area contributed by atoms with Crippen molar-refractivity contribution >= 4 is 5.91 Å². The molecule has 0 saturated carbocycles. The Morgan fingerprint density at radius 3 is 2.58 bits per heavy atom. The van der Waals surface area contributed by atoms with Crippen LogP contribution in [0.5, 0.6) is 0 Å². The summed E-state index contributed by atoms with van der Waals surface area (Å²) in [5.74, 6) is -0.807. The van der Waals surface area contributed by atoms with E-state index >= 15 is 0 Å². The zero-order valence-corrected chi connectivity index (χ0v) is 10.7. The highest BCUT2D eigenvalue weighted by molar-refractivity contribution is 5.94. The van der Waals surface area contributed by atoms with Gasteiger partial charge in [0.2, 0.25) is 0 Å². The van der Waals surface area contributed by atoms with E-state index in [0.29, 0.717) is 13.1 Å². The molecule has 2 rings (SSSR count). The molecule has 0 radical (unpaired) electrons. The van der Waals surface area contributed by atoms with E-state index in [2.05, 4.69) is 4.98 Å². The molecular formula is C15H15FN2O. The Labute approximate surface area is 111 Å². The highest BCUT2D eigenvalue weighted by Crippen LogP contribution is 2.12. The lowest BCUT2D eigenvalue weighted by Crippen LogP contribution is -2.31. The van der Waals surface area contributed by atoms with Crippen molar-refractivity contribution in [3.8, 4) is 0 Å². The van der Waals surface area contributed by atoms with E-state index in [0.717, 1.165) is 5.69 Å². The van der Waals surface area contributed by atoms with Crippen molar-refractivity contribution < 1.29 is 9.18 Å². The quantitative estimate of drug-likeness (QED) is 0.844. The predicted octanol–water partition coefficient (Wildman–Crippen LogP) is 2.88. The Hall–Kier alpha value is -2.23. The summed E-state index contributed by atoms with van der Waals surface area (Å²) >= 11 is 0. The summed E-state index contributed by atoms with van der Waals surface area (Å²) in [5.41, 5.74) is 0.884. The molecule has 0 atom stereocenters. The molecule has 0 unspecified atom stereocenters. The monoisotopic (exact) mass is 258 g/mol. The maximum absolute atomic E-state index is 13.6. The minimum absolute atomic E-state index is 0.0975. The van der Waals surface area contributed by atoms with Crippen LogP contribution in [0, 0.1) is 5.82 Å². The smallest absolute Gasteiger partial charge is 0.257 e. The Morgan fingerprint density at radius 2 is 1.95 bits per heavy atom. The fourth-order valence-electron chi connectivity index (χ4n) is 1.82. The maximum atomic E-state index is 13.6. The van der Waals surface area contributed by atoms with Crippen LogP contribution in [-0.4, -0.2) is 22.3 Å². The van der Waals surface area contributed by atoms with Crippen molar-refractivity contribution in [2.75, 3.05) is 6.54 Å². The number of pyridine rings is 1. The lowest BCUT2D eigenvalue weighted by Gasteiger charge is -2.20. The number of amides is 1. The van der Waals surface area contributed by atoms with Gasteiger partial charge in [0.15, 0.2) is 0 Å². The van der Waals surface area contributed by atoms with Crippen LogP contribution >= 0.6 is 0 Å². The highest BCUT2D eigenvalue weighted by atomic mass is 19.1. The van der Waals surface area contributed by atoms with Crippen LogP contribution < -0.4 is 0 Å². The van der Waals surface area contributed by atoms with Crippen LogP contribution in [0.25, 0.3) is 0 Å². The summed E-state index contributed by atoms with van der Waals surface area (Å²) in [6, 6.07) is 11.5. The van der Waals surface area contributed by atoms with Gasteiger partial charge in [-0.25, -0.2) is 4.39 Å². The van der Waals surface area contributed by atoms with Gasteiger partial charge < -0.3 is 4.90 Å². The molecule has 4 heteroatoms. The maximum Gasteiger partial charge on any atom is 0.257 e. The van der Waals surface area contributed by atoms with Gasteiger partial charge in [-0.05, 0) is 31.2 Å². The first-order chi connectivity index (χ1) is 9.22. The van der Waals surface area contributed by atoms with E-state index in [1.165, 1.54) is 12.1 Å².